The van der Waals surface area contributed by atoms with Crippen LogP contribution in [0, 0.1) is 6.92 Å². The zero-order valence-corrected chi connectivity index (χ0v) is 12.1. The largest absolute Gasteiger partial charge is 0.354 e. The summed E-state index contributed by atoms with van der Waals surface area (Å²) in [6.45, 7) is 5.81. The lowest BCUT2D eigenvalue weighted by Crippen LogP contribution is -2.30. The van der Waals surface area contributed by atoms with Gasteiger partial charge in [-0.05, 0) is 44.2 Å². The molecule has 0 aliphatic carbocycles. The Kier molecular flexibility index (Phi) is 4.23. The number of nitrogens with one attached hydrogen (secondary N) is 2. The van der Waals surface area contributed by atoms with Crippen molar-refractivity contribution in [1.82, 2.24) is 10.3 Å². The number of carbonyl (C=O) groups excluding carboxylic acids is 1. The van der Waals surface area contributed by atoms with Gasteiger partial charge < -0.3 is 10.3 Å². The fourth-order valence-electron chi connectivity index (χ4n) is 2.26. The van der Waals surface area contributed by atoms with E-state index >= 15 is 0 Å². The number of pyridine rings is 1. The minimum Gasteiger partial charge on any atom is -0.354 e. The van der Waals surface area contributed by atoms with E-state index in [2.05, 4.69) is 10.3 Å². The number of amides is 1. The van der Waals surface area contributed by atoms with E-state index in [4.69, 9.17) is 0 Å². The molecule has 0 saturated carbocycles. The van der Waals surface area contributed by atoms with Gasteiger partial charge in [0.1, 0.15) is 0 Å². The minimum atomic E-state index is -0.107. The van der Waals surface area contributed by atoms with Gasteiger partial charge >= 0.3 is 0 Å². The molecule has 1 amide bonds. The molecule has 0 spiro atoms. The molecule has 2 N–H and O–H groups in total. The monoisotopic (exact) mass is 272 g/mol. The molecular weight excluding hydrogens is 252 g/mol. The Labute approximate surface area is 118 Å². The molecule has 0 bridgehead atoms. The zero-order chi connectivity index (χ0) is 14.7. The van der Waals surface area contributed by atoms with Gasteiger partial charge in [-0.25, -0.2) is 0 Å². The van der Waals surface area contributed by atoms with Crippen molar-refractivity contribution in [3.63, 3.8) is 0 Å². The number of hydrogen-bond acceptors (Lipinski definition) is 2. The molecule has 0 aliphatic heterocycles. The number of hydrogen-bond donors (Lipinski definition) is 2. The Morgan fingerprint density at radius 1 is 1.35 bits per heavy atom. The van der Waals surface area contributed by atoms with Gasteiger partial charge in [-0.15, -0.1) is 0 Å². The van der Waals surface area contributed by atoms with Gasteiger partial charge in [0, 0.05) is 18.0 Å². The summed E-state index contributed by atoms with van der Waals surface area (Å²) in [4.78, 5) is 26.6. The van der Waals surface area contributed by atoms with Gasteiger partial charge in [0.25, 0.3) is 5.56 Å². The third-order valence-electron chi connectivity index (χ3n) is 3.24. The molecule has 4 nitrogen and oxygen atoms in total. The second-order valence-corrected chi connectivity index (χ2v) is 5.39. The van der Waals surface area contributed by atoms with Crippen LogP contribution in [0.4, 0.5) is 0 Å². The van der Waals surface area contributed by atoms with Crippen LogP contribution >= 0.6 is 0 Å². The maximum Gasteiger partial charge on any atom is 0.251 e. The maximum atomic E-state index is 12.0. The summed E-state index contributed by atoms with van der Waals surface area (Å²) >= 11 is 0. The maximum absolute atomic E-state index is 12.0. The molecule has 0 radical (unpaired) electrons. The van der Waals surface area contributed by atoms with E-state index in [0.29, 0.717) is 18.4 Å². The van der Waals surface area contributed by atoms with Crippen molar-refractivity contribution < 1.29 is 4.79 Å². The summed E-state index contributed by atoms with van der Waals surface area (Å²) < 4.78 is 0. The Morgan fingerprint density at radius 2 is 2.10 bits per heavy atom. The molecule has 1 aromatic heterocycles. The van der Waals surface area contributed by atoms with Gasteiger partial charge in [0.2, 0.25) is 5.91 Å². The van der Waals surface area contributed by atoms with Crippen LogP contribution in [0.15, 0.2) is 29.1 Å². The molecule has 4 heteroatoms. The number of para-hydroxylation sites is 1. The van der Waals surface area contributed by atoms with Crippen LogP contribution in [0.2, 0.25) is 0 Å². The number of H-pyrrole nitrogens is 1. The molecule has 106 valence electrons. The van der Waals surface area contributed by atoms with Crippen molar-refractivity contribution in [2.45, 2.75) is 39.7 Å². The van der Waals surface area contributed by atoms with Crippen molar-refractivity contribution in [2.24, 2.45) is 0 Å². The van der Waals surface area contributed by atoms with Gasteiger partial charge in [0.05, 0.1) is 5.52 Å². The van der Waals surface area contributed by atoms with Crippen molar-refractivity contribution in [3.05, 3.63) is 45.7 Å². The number of aryl methyl sites for hydroxylation is 2. The normalized spacial score (nSPS) is 11.0. The predicted octanol–water partition coefficient (Wildman–Crippen LogP) is 2.29. The lowest BCUT2D eigenvalue weighted by Gasteiger charge is -2.08. The second kappa shape index (κ2) is 5.90. The summed E-state index contributed by atoms with van der Waals surface area (Å²) in [5, 5.41) is 3.83. The van der Waals surface area contributed by atoms with Crippen LogP contribution in [0.25, 0.3) is 10.9 Å². The van der Waals surface area contributed by atoms with Crippen molar-refractivity contribution in [1.29, 1.82) is 0 Å². The van der Waals surface area contributed by atoms with Crippen LogP contribution in [-0.4, -0.2) is 16.9 Å². The predicted molar refractivity (Wildman–Crippen MR) is 80.9 cm³/mol. The summed E-state index contributed by atoms with van der Waals surface area (Å²) in [7, 11) is 0. The van der Waals surface area contributed by atoms with Crippen molar-refractivity contribution in [2.75, 3.05) is 0 Å². The molecular formula is C16H20N2O2. The highest BCUT2D eigenvalue weighted by Gasteiger charge is 2.08. The highest BCUT2D eigenvalue weighted by Crippen LogP contribution is 2.15. The van der Waals surface area contributed by atoms with E-state index in [1.54, 1.807) is 0 Å². The van der Waals surface area contributed by atoms with Crippen LogP contribution in [0.3, 0.4) is 0 Å². The van der Waals surface area contributed by atoms with E-state index in [9.17, 15) is 9.59 Å². The Balaban J connectivity index is 2.21. The van der Waals surface area contributed by atoms with Crippen molar-refractivity contribution >= 4 is 16.8 Å². The summed E-state index contributed by atoms with van der Waals surface area (Å²) in [6.07, 6.45) is 0.788. The average Bonchev–Trinajstić information content (AvgIpc) is 2.37. The molecule has 1 heterocycles. The van der Waals surface area contributed by atoms with Gasteiger partial charge in [0.15, 0.2) is 0 Å². The minimum absolute atomic E-state index is 0.0243. The molecule has 1 aromatic carbocycles. The first-order valence-electron chi connectivity index (χ1n) is 6.88. The first-order chi connectivity index (χ1) is 9.47. The molecule has 0 unspecified atom stereocenters. The zero-order valence-electron chi connectivity index (χ0n) is 12.1. The topological polar surface area (TPSA) is 62.0 Å². The molecule has 0 fully saturated rings. The van der Waals surface area contributed by atoms with Crippen LogP contribution in [0.1, 0.15) is 31.4 Å². The summed E-state index contributed by atoms with van der Waals surface area (Å²) in [5.41, 5.74) is 2.46. The second-order valence-electron chi connectivity index (χ2n) is 5.39. The number of carbonyl (C=O) groups is 1. The third kappa shape index (κ3) is 3.26. The van der Waals surface area contributed by atoms with Gasteiger partial charge in [-0.1, -0.05) is 18.2 Å². The fraction of sp³-hybridized carbons (Fsp3) is 0.375. The average molecular weight is 272 g/mol. The smallest absolute Gasteiger partial charge is 0.251 e. The van der Waals surface area contributed by atoms with E-state index in [1.807, 2.05) is 45.0 Å². The molecule has 0 aliphatic rings. The fourth-order valence-corrected chi connectivity index (χ4v) is 2.26. The molecule has 2 aromatic rings. The van der Waals surface area contributed by atoms with E-state index < -0.39 is 0 Å². The molecule has 0 saturated heterocycles. The standard InChI is InChI=1S/C16H20N2O2/c1-10(2)17-14(19)8-7-13-9-12-6-4-5-11(3)15(12)18-16(13)20/h4-6,9-10H,7-8H2,1-3H3,(H,17,19)(H,18,20). The molecule has 2 rings (SSSR count). The van der Waals surface area contributed by atoms with Crippen molar-refractivity contribution in [3.8, 4) is 0 Å². The number of fused-ring (bicyclic) bond motifs is 1. The Morgan fingerprint density at radius 3 is 2.80 bits per heavy atom. The number of benzene rings is 1. The number of aromatic amines is 1. The van der Waals surface area contributed by atoms with E-state index in [-0.39, 0.29) is 17.5 Å². The first-order valence-corrected chi connectivity index (χ1v) is 6.88. The Bertz CT molecular complexity index is 686. The molecule has 0 atom stereocenters. The van der Waals surface area contributed by atoms with Gasteiger partial charge in [-0.3, -0.25) is 9.59 Å². The SMILES string of the molecule is Cc1cccc2cc(CCC(=O)NC(C)C)c(=O)[nH]c12. The lowest BCUT2D eigenvalue weighted by molar-refractivity contribution is -0.121. The van der Waals surface area contributed by atoms with Gasteiger partial charge in [-0.2, -0.15) is 0 Å². The van der Waals surface area contributed by atoms with Crippen LogP contribution < -0.4 is 10.9 Å². The van der Waals surface area contributed by atoms with Crippen LogP contribution in [0.5, 0.6) is 0 Å². The van der Waals surface area contributed by atoms with E-state index in [1.165, 1.54) is 0 Å². The Hall–Kier alpha value is -2.10. The van der Waals surface area contributed by atoms with Crippen LogP contribution in [-0.2, 0) is 11.2 Å². The summed E-state index contributed by atoms with van der Waals surface area (Å²) in [5.74, 6) is -0.0243. The number of aromatic nitrogens is 1. The lowest BCUT2D eigenvalue weighted by atomic mass is 10.1. The third-order valence-corrected chi connectivity index (χ3v) is 3.24. The number of rotatable bonds is 4. The highest BCUT2D eigenvalue weighted by atomic mass is 16.1. The highest BCUT2D eigenvalue weighted by molar-refractivity contribution is 5.82. The van der Waals surface area contributed by atoms with E-state index in [0.717, 1.165) is 16.5 Å². The first kappa shape index (κ1) is 14.3. The molecule has 20 heavy (non-hydrogen) atoms. The quantitative estimate of drug-likeness (QED) is 0.897. The summed E-state index contributed by atoms with van der Waals surface area (Å²) in [6, 6.07) is 7.90.